The number of amides is 1. The number of fused-ring (bicyclic) bond motifs is 1. The number of carbonyl (C=O) groups excluding carboxylic acids is 1. The Kier molecular flexibility index (Phi) is 7.00. The molecule has 0 fully saturated rings. The Hall–Kier alpha value is -2.46. The number of halogens is 3. The van der Waals surface area contributed by atoms with E-state index in [4.69, 9.17) is 14.3 Å². The first-order valence-corrected chi connectivity index (χ1v) is 10.9. The van der Waals surface area contributed by atoms with Crippen LogP contribution >= 0.6 is 31.9 Å². The van der Waals surface area contributed by atoms with Crippen LogP contribution in [0.15, 0.2) is 37.6 Å². The van der Waals surface area contributed by atoms with Crippen LogP contribution in [0.25, 0.3) is 11.1 Å². The third-order valence-electron chi connectivity index (χ3n) is 4.28. The van der Waals surface area contributed by atoms with E-state index >= 15 is 0 Å². The highest BCUT2D eigenvalue weighted by Crippen LogP contribution is 2.39. The number of oxazole rings is 1. The summed E-state index contributed by atoms with van der Waals surface area (Å²) in [5.41, 5.74) is 0.612. The summed E-state index contributed by atoms with van der Waals surface area (Å²) in [5.74, 6) is -1.48. The first-order chi connectivity index (χ1) is 14.6. The molecule has 0 aliphatic rings. The molecule has 31 heavy (non-hydrogen) atoms. The van der Waals surface area contributed by atoms with Crippen LogP contribution in [-0.2, 0) is 11.2 Å². The van der Waals surface area contributed by atoms with Gasteiger partial charge in [-0.05, 0) is 69.0 Å². The molecule has 0 spiro atoms. The Labute approximate surface area is 194 Å². The zero-order valence-electron chi connectivity index (χ0n) is 16.8. The standard InChI is InChI=1S/C21H19Br2FN2O5/c1-9(2)6-16-26-14-4-5-15(17(24)19(14)31-16)30-18-12(22)7-11(8-13(18)23)20(27)25-10(3)21(28)29/h4-5,7-10H,6H2,1-3H3,(H,25,27)(H,28,29)/t10-/m0/s1. The predicted molar refractivity (Wildman–Crippen MR) is 119 cm³/mol. The lowest BCUT2D eigenvalue weighted by Gasteiger charge is -2.14. The van der Waals surface area contributed by atoms with Gasteiger partial charge in [-0.2, -0.15) is 4.39 Å². The number of nitrogens with one attached hydrogen (secondary N) is 1. The first-order valence-electron chi connectivity index (χ1n) is 9.35. The highest BCUT2D eigenvalue weighted by Gasteiger charge is 2.21. The molecular weight excluding hydrogens is 539 g/mol. The lowest BCUT2D eigenvalue weighted by atomic mass is 10.1. The maximum absolute atomic E-state index is 15.0. The molecule has 164 valence electrons. The van der Waals surface area contributed by atoms with Gasteiger partial charge in [-0.3, -0.25) is 9.59 Å². The van der Waals surface area contributed by atoms with Crippen molar-refractivity contribution in [2.45, 2.75) is 33.2 Å². The number of hydrogen-bond acceptors (Lipinski definition) is 5. The van der Waals surface area contributed by atoms with Crippen molar-refractivity contribution < 1.29 is 28.2 Å². The molecule has 7 nitrogen and oxygen atoms in total. The summed E-state index contributed by atoms with van der Waals surface area (Å²) in [4.78, 5) is 27.5. The molecule has 1 atom stereocenters. The highest BCUT2D eigenvalue weighted by molar-refractivity contribution is 9.11. The zero-order chi connectivity index (χ0) is 22.9. The molecule has 3 rings (SSSR count). The highest BCUT2D eigenvalue weighted by atomic mass is 79.9. The molecule has 2 aromatic carbocycles. The Morgan fingerprint density at radius 2 is 1.87 bits per heavy atom. The normalized spacial score (nSPS) is 12.2. The minimum atomic E-state index is -1.15. The van der Waals surface area contributed by atoms with Crippen LogP contribution in [0.4, 0.5) is 4.39 Å². The molecule has 0 saturated carbocycles. The van der Waals surface area contributed by atoms with Crippen LogP contribution in [0, 0.1) is 11.7 Å². The largest absolute Gasteiger partial charge is 0.480 e. The van der Waals surface area contributed by atoms with Gasteiger partial charge in [0.1, 0.15) is 11.6 Å². The molecule has 0 bridgehead atoms. The van der Waals surface area contributed by atoms with Crippen molar-refractivity contribution in [3.05, 3.63) is 50.5 Å². The Balaban J connectivity index is 1.88. The number of ether oxygens (including phenoxy) is 1. The van der Waals surface area contributed by atoms with Crippen molar-refractivity contribution >= 4 is 54.8 Å². The van der Waals surface area contributed by atoms with E-state index in [0.29, 0.717) is 32.7 Å². The SMILES string of the molecule is CC(C)Cc1nc2ccc(Oc3c(Br)cc(C(=O)N[C@@H](C)C(=O)O)cc3Br)c(F)c2o1. The fourth-order valence-electron chi connectivity index (χ4n) is 2.74. The second-order valence-corrected chi connectivity index (χ2v) is 9.04. The number of aliphatic carboxylic acids is 1. The van der Waals surface area contributed by atoms with E-state index in [2.05, 4.69) is 42.2 Å². The third kappa shape index (κ3) is 5.24. The van der Waals surface area contributed by atoms with E-state index in [0.717, 1.165) is 0 Å². The van der Waals surface area contributed by atoms with Gasteiger partial charge in [0.05, 0.1) is 8.95 Å². The van der Waals surface area contributed by atoms with Gasteiger partial charge in [0, 0.05) is 12.0 Å². The summed E-state index contributed by atoms with van der Waals surface area (Å²) >= 11 is 6.63. The number of carboxylic acids is 1. The number of benzene rings is 2. The number of rotatable bonds is 7. The second-order valence-electron chi connectivity index (χ2n) is 7.34. The molecule has 1 aromatic heterocycles. The molecule has 0 saturated heterocycles. The average molecular weight is 558 g/mol. The van der Waals surface area contributed by atoms with Gasteiger partial charge in [-0.15, -0.1) is 0 Å². The summed E-state index contributed by atoms with van der Waals surface area (Å²) < 4.78 is 27.0. The van der Waals surface area contributed by atoms with E-state index in [1.165, 1.54) is 25.1 Å². The van der Waals surface area contributed by atoms with Gasteiger partial charge in [-0.1, -0.05) is 13.8 Å². The van der Waals surface area contributed by atoms with E-state index in [1.54, 1.807) is 6.07 Å². The van der Waals surface area contributed by atoms with Gasteiger partial charge in [0.2, 0.25) is 5.82 Å². The molecule has 0 aliphatic carbocycles. The van der Waals surface area contributed by atoms with Crippen LogP contribution in [0.2, 0.25) is 0 Å². The van der Waals surface area contributed by atoms with Crippen molar-refractivity contribution in [1.82, 2.24) is 10.3 Å². The lowest BCUT2D eigenvalue weighted by Crippen LogP contribution is -2.38. The Morgan fingerprint density at radius 3 is 2.45 bits per heavy atom. The third-order valence-corrected chi connectivity index (χ3v) is 5.46. The van der Waals surface area contributed by atoms with Gasteiger partial charge < -0.3 is 19.6 Å². The maximum atomic E-state index is 15.0. The first kappa shape index (κ1) is 23.2. The van der Waals surface area contributed by atoms with Gasteiger partial charge >= 0.3 is 5.97 Å². The fourth-order valence-corrected chi connectivity index (χ4v) is 4.09. The minimum absolute atomic E-state index is 0.0130. The van der Waals surface area contributed by atoms with Gasteiger partial charge in [0.15, 0.2) is 23.0 Å². The summed E-state index contributed by atoms with van der Waals surface area (Å²) in [6, 6.07) is 4.92. The summed E-state index contributed by atoms with van der Waals surface area (Å²) in [7, 11) is 0. The van der Waals surface area contributed by atoms with E-state index < -0.39 is 23.7 Å². The predicted octanol–water partition coefficient (Wildman–Crippen LogP) is 5.69. The second kappa shape index (κ2) is 9.35. The van der Waals surface area contributed by atoms with Crippen molar-refractivity contribution in [3.63, 3.8) is 0 Å². The zero-order valence-corrected chi connectivity index (χ0v) is 20.0. The van der Waals surface area contributed by atoms with Crippen molar-refractivity contribution in [1.29, 1.82) is 0 Å². The van der Waals surface area contributed by atoms with Gasteiger partial charge in [0.25, 0.3) is 5.91 Å². The molecule has 0 unspecified atom stereocenters. The summed E-state index contributed by atoms with van der Waals surface area (Å²) in [6.07, 6.45) is 0.589. The fraction of sp³-hybridized carbons (Fsp3) is 0.286. The molecule has 1 heterocycles. The molecular formula is C21H19Br2FN2O5. The van der Waals surface area contributed by atoms with Crippen molar-refractivity contribution in [2.75, 3.05) is 0 Å². The number of aromatic nitrogens is 1. The summed E-state index contributed by atoms with van der Waals surface area (Å²) in [5, 5.41) is 11.3. The molecule has 0 radical (unpaired) electrons. The van der Waals surface area contributed by atoms with Crippen LogP contribution in [0.3, 0.4) is 0 Å². The van der Waals surface area contributed by atoms with Crippen LogP contribution < -0.4 is 10.1 Å². The molecule has 10 heteroatoms. The van der Waals surface area contributed by atoms with Gasteiger partial charge in [-0.25, -0.2) is 4.98 Å². The molecule has 0 aliphatic heterocycles. The minimum Gasteiger partial charge on any atom is -0.480 e. The molecule has 2 N–H and O–H groups in total. The topological polar surface area (TPSA) is 102 Å². The maximum Gasteiger partial charge on any atom is 0.325 e. The van der Waals surface area contributed by atoms with Crippen molar-refractivity contribution in [3.8, 4) is 11.5 Å². The Bertz CT molecular complexity index is 1140. The molecule has 3 aromatic rings. The smallest absolute Gasteiger partial charge is 0.325 e. The monoisotopic (exact) mass is 556 g/mol. The number of carboxylic acid groups (broad SMARTS) is 1. The number of carbonyl (C=O) groups is 2. The van der Waals surface area contributed by atoms with Crippen molar-refractivity contribution in [2.24, 2.45) is 5.92 Å². The average Bonchev–Trinajstić information content (AvgIpc) is 3.08. The van der Waals surface area contributed by atoms with E-state index in [9.17, 15) is 14.0 Å². The number of hydrogen-bond donors (Lipinski definition) is 2. The summed E-state index contributed by atoms with van der Waals surface area (Å²) in [6.45, 7) is 5.39. The Morgan fingerprint density at radius 1 is 1.23 bits per heavy atom. The van der Waals surface area contributed by atoms with E-state index in [1.807, 2.05) is 13.8 Å². The van der Waals surface area contributed by atoms with E-state index in [-0.39, 0.29) is 22.6 Å². The quantitative estimate of drug-likeness (QED) is 0.387. The lowest BCUT2D eigenvalue weighted by molar-refractivity contribution is -0.138. The van der Waals surface area contributed by atoms with Crippen LogP contribution in [0.1, 0.15) is 37.0 Å². The van der Waals surface area contributed by atoms with Crippen LogP contribution in [-0.4, -0.2) is 28.0 Å². The molecule has 1 amide bonds. The van der Waals surface area contributed by atoms with Crippen LogP contribution in [0.5, 0.6) is 11.5 Å². The number of nitrogens with zero attached hydrogens (tertiary/aromatic N) is 1.